The molecule has 0 atom stereocenters. The van der Waals surface area contributed by atoms with E-state index in [9.17, 15) is 4.39 Å². The highest BCUT2D eigenvalue weighted by Gasteiger charge is 2.08. The lowest BCUT2D eigenvalue weighted by atomic mass is 10.2. The first-order chi connectivity index (χ1) is 11.7. The van der Waals surface area contributed by atoms with Gasteiger partial charge >= 0.3 is 0 Å². The summed E-state index contributed by atoms with van der Waals surface area (Å²) >= 11 is 5.21. The molecule has 0 saturated heterocycles. The summed E-state index contributed by atoms with van der Waals surface area (Å²) in [7, 11) is 0. The molecular formula is C17H15FN4OS. The number of benzene rings is 2. The summed E-state index contributed by atoms with van der Waals surface area (Å²) < 4.78 is 20.5. The lowest BCUT2D eigenvalue weighted by Gasteiger charge is -2.04. The van der Waals surface area contributed by atoms with Crippen molar-refractivity contribution in [2.24, 2.45) is 5.10 Å². The molecule has 7 heteroatoms. The Hall–Kier alpha value is -2.80. The minimum Gasteiger partial charge on any atom is -0.494 e. The van der Waals surface area contributed by atoms with Crippen molar-refractivity contribution < 1.29 is 9.13 Å². The number of hydrogen-bond acceptors (Lipinski definition) is 4. The van der Waals surface area contributed by atoms with Gasteiger partial charge in [-0.2, -0.15) is 14.9 Å². The topological polar surface area (TPSA) is 55.2 Å². The third kappa shape index (κ3) is 3.57. The van der Waals surface area contributed by atoms with Gasteiger partial charge in [0.15, 0.2) is 5.82 Å². The molecule has 24 heavy (non-hydrogen) atoms. The largest absolute Gasteiger partial charge is 0.494 e. The number of H-pyrrole nitrogens is 1. The van der Waals surface area contributed by atoms with E-state index in [1.165, 1.54) is 23.0 Å². The number of aromatic nitrogens is 3. The van der Waals surface area contributed by atoms with Crippen LogP contribution in [0.2, 0.25) is 0 Å². The van der Waals surface area contributed by atoms with Gasteiger partial charge in [-0.25, -0.2) is 9.49 Å². The van der Waals surface area contributed by atoms with E-state index in [4.69, 9.17) is 17.0 Å². The van der Waals surface area contributed by atoms with Crippen molar-refractivity contribution >= 4 is 18.4 Å². The van der Waals surface area contributed by atoms with Crippen LogP contribution >= 0.6 is 12.2 Å². The first-order valence-electron chi connectivity index (χ1n) is 7.38. The summed E-state index contributed by atoms with van der Waals surface area (Å²) in [5, 5.41) is 11.2. The monoisotopic (exact) mass is 342 g/mol. The van der Waals surface area contributed by atoms with E-state index in [-0.39, 0.29) is 5.82 Å². The molecule has 1 heterocycles. The highest BCUT2D eigenvalue weighted by atomic mass is 32.1. The minimum absolute atomic E-state index is 0.318. The predicted molar refractivity (Wildman–Crippen MR) is 93.4 cm³/mol. The number of aromatic amines is 1. The fourth-order valence-electron chi connectivity index (χ4n) is 2.16. The smallest absolute Gasteiger partial charge is 0.216 e. The van der Waals surface area contributed by atoms with E-state index in [0.29, 0.717) is 22.8 Å². The lowest BCUT2D eigenvalue weighted by Crippen LogP contribution is -1.96. The van der Waals surface area contributed by atoms with Gasteiger partial charge in [-0.15, -0.1) is 0 Å². The normalized spacial score (nSPS) is 11.1. The maximum Gasteiger partial charge on any atom is 0.216 e. The Bertz CT molecular complexity index is 915. The molecular weight excluding hydrogens is 327 g/mol. The quantitative estimate of drug-likeness (QED) is 0.563. The maximum absolute atomic E-state index is 13.2. The summed E-state index contributed by atoms with van der Waals surface area (Å²) in [5.41, 5.74) is 1.47. The molecule has 0 saturated carbocycles. The van der Waals surface area contributed by atoms with Crippen LogP contribution in [-0.4, -0.2) is 27.7 Å². The molecule has 0 amide bonds. The SMILES string of the molecule is CCOc1ccc(-c2n[nH]c(=S)n2N=Cc2cccc(F)c2)cc1. The molecule has 1 N–H and O–H groups in total. The molecule has 0 spiro atoms. The Morgan fingerprint density at radius 2 is 2.08 bits per heavy atom. The summed E-state index contributed by atoms with van der Waals surface area (Å²) in [6.07, 6.45) is 1.53. The van der Waals surface area contributed by atoms with Crippen molar-refractivity contribution in [1.82, 2.24) is 14.9 Å². The fourth-order valence-corrected chi connectivity index (χ4v) is 2.34. The molecule has 0 radical (unpaired) electrons. The Balaban J connectivity index is 1.92. The zero-order valence-electron chi connectivity index (χ0n) is 12.9. The van der Waals surface area contributed by atoms with Gasteiger partial charge in [0.25, 0.3) is 0 Å². The van der Waals surface area contributed by atoms with Crippen LogP contribution in [0.4, 0.5) is 4.39 Å². The third-order valence-electron chi connectivity index (χ3n) is 3.24. The molecule has 0 aliphatic rings. The van der Waals surface area contributed by atoms with Crippen LogP contribution in [0.5, 0.6) is 5.75 Å². The van der Waals surface area contributed by atoms with E-state index < -0.39 is 0 Å². The number of nitrogens with one attached hydrogen (secondary N) is 1. The van der Waals surface area contributed by atoms with Gasteiger partial charge in [0, 0.05) is 5.56 Å². The zero-order valence-corrected chi connectivity index (χ0v) is 13.8. The van der Waals surface area contributed by atoms with Crippen molar-refractivity contribution in [3.63, 3.8) is 0 Å². The van der Waals surface area contributed by atoms with E-state index in [2.05, 4.69) is 15.3 Å². The number of halogens is 1. The fraction of sp³-hybridized carbons (Fsp3) is 0.118. The van der Waals surface area contributed by atoms with Crippen LogP contribution in [0.25, 0.3) is 11.4 Å². The molecule has 5 nitrogen and oxygen atoms in total. The molecule has 0 bridgehead atoms. The Morgan fingerprint density at radius 3 is 2.79 bits per heavy atom. The van der Waals surface area contributed by atoms with Crippen LogP contribution < -0.4 is 4.74 Å². The summed E-state index contributed by atoms with van der Waals surface area (Å²) in [5.74, 6) is 1.03. The molecule has 0 unspecified atom stereocenters. The summed E-state index contributed by atoms with van der Waals surface area (Å²) in [4.78, 5) is 0. The van der Waals surface area contributed by atoms with Gasteiger partial charge < -0.3 is 4.74 Å². The highest BCUT2D eigenvalue weighted by Crippen LogP contribution is 2.21. The van der Waals surface area contributed by atoms with Gasteiger partial charge in [-0.05, 0) is 61.1 Å². The van der Waals surface area contributed by atoms with E-state index in [1.54, 1.807) is 12.1 Å². The van der Waals surface area contributed by atoms with Crippen LogP contribution in [-0.2, 0) is 0 Å². The second kappa shape index (κ2) is 7.18. The van der Waals surface area contributed by atoms with Gasteiger partial charge in [-0.1, -0.05) is 12.1 Å². The highest BCUT2D eigenvalue weighted by molar-refractivity contribution is 7.71. The number of ether oxygens (including phenoxy) is 1. The zero-order chi connectivity index (χ0) is 16.9. The number of hydrogen-bond donors (Lipinski definition) is 1. The first kappa shape index (κ1) is 16.1. The standard InChI is InChI=1S/C17H15FN4OS/c1-2-23-15-8-6-13(7-9-15)16-20-21-17(24)22(16)19-11-12-4-3-5-14(18)10-12/h3-11H,2H2,1H3,(H,21,24). The average molecular weight is 342 g/mol. The van der Waals surface area contributed by atoms with Gasteiger partial charge in [0.05, 0.1) is 12.8 Å². The van der Waals surface area contributed by atoms with Crippen LogP contribution in [0, 0.1) is 10.6 Å². The lowest BCUT2D eigenvalue weighted by molar-refractivity contribution is 0.340. The Labute approximate surface area is 143 Å². The van der Waals surface area contributed by atoms with E-state index in [1.807, 2.05) is 31.2 Å². The predicted octanol–water partition coefficient (Wildman–Crippen LogP) is 4.03. The molecule has 3 aromatic rings. The van der Waals surface area contributed by atoms with E-state index >= 15 is 0 Å². The molecule has 3 rings (SSSR count). The van der Waals surface area contributed by atoms with Gasteiger partial charge in [0.2, 0.25) is 4.77 Å². The van der Waals surface area contributed by atoms with Crippen LogP contribution in [0.1, 0.15) is 12.5 Å². The average Bonchev–Trinajstić information content (AvgIpc) is 2.95. The minimum atomic E-state index is -0.318. The Kier molecular flexibility index (Phi) is 4.81. The van der Waals surface area contributed by atoms with Crippen LogP contribution in [0.3, 0.4) is 0 Å². The Morgan fingerprint density at radius 1 is 1.29 bits per heavy atom. The summed E-state index contributed by atoms with van der Waals surface area (Å²) in [6.45, 7) is 2.54. The van der Waals surface area contributed by atoms with Crippen molar-refractivity contribution in [3.05, 3.63) is 64.7 Å². The van der Waals surface area contributed by atoms with Crippen molar-refractivity contribution in [3.8, 4) is 17.1 Å². The second-order valence-corrected chi connectivity index (χ2v) is 5.31. The van der Waals surface area contributed by atoms with Crippen LogP contribution in [0.15, 0.2) is 53.6 Å². The third-order valence-corrected chi connectivity index (χ3v) is 3.51. The van der Waals surface area contributed by atoms with E-state index in [0.717, 1.165) is 11.3 Å². The molecule has 0 aliphatic heterocycles. The summed E-state index contributed by atoms with van der Waals surface area (Å²) in [6, 6.07) is 13.6. The van der Waals surface area contributed by atoms with Gasteiger partial charge in [0.1, 0.15) is 11.6 Å². The maximum atomic E-state index is 13.2. The number of nitrogens with zero attached hydrogens (tertiary/aromatic N) is 3. The molecule has 1 aromatic heterocycles. The van der Waals surface area contributed by atoms with Crippen molar-refractivity contribution in [2.45, 2.75) is 6.92 Å². The number of rotatable bonds is 5. The molecule has 0 fully saturated rings. The molecule has 0 aliphatic carbocycles. The molecule has 122 valence electrons. The van der Waals surface area contributed by atoms with Gasteiger partial charge in [-0.3, -0.25) is 0 Å². The van der Waals surface area contributed by atoms with Crippen molar-refractivity contribution in [1.29, 1.82) is 0 Å². The van der Waals surface area contributed by atoms with Crippen molar-refractivity contribution in [2.75, 3.05) is 6.61 Å². The first-order valence-corrected chi connectivity index (χ1v) is 7.79. The molecule has 2 aromatic carbocycles. The second-order valence-electron chi connectivity index (χ2n) is 4.92.